The van der Waals surface area contributed by atoms with Gasteiger partial charge < -0.3 is 9.84 Å². The van der Waals surface area contributed by atoms with Gasteiger partial charge in [0.25, 0.3) is 0 Å². The molecule has 0 spiro atoms. The number of hydrogen-bond donors (Lipinski definition) is 1. The van der Waals surface area contributed by atoms with Crippen molar-refractivity contribution in [2.45, 2.75) is 64.4 Å². The molecule has 0 aliphatic rings. The molecule has 0 saturated carbocycles. The molecule has 0 radical (unpaired) electrons. The zero-order valence-corrected chi connectivity index (χ0v) is 10.0. The maximum atomic E-state index is 9.79. The first-order valence-electron chi connectivity index (χ1n) is 5.83. The lowest BCUT2D eigenvalue weighted by molar-refractivity contribution is -0.0242. The normalized spacial score (nSPS) is 15.4. The van der Waals surface area contributed by atoms with Crippen molar-refractivity contribution in [3.63, 3.8) is 0 Å². The van der Waals surface area contributed by atoms with Gasteiger partial charge in [-0.3, -0.25) is 0 Å². The van der Waals surface area contributed by atoms with Crippen LogP contribution in [-0.4, -0.2) is 24.4 Å². The Hall–Kier alpha value is -0.0800. The van der Waals surface area contributed by atoms with Gasteiger partial charge in [-0.25, -0.2) is 0 Å². The van der Waals surface area contributed by atoms with Crippen LogP contribution < -0.4 is 0 Å². The first-order valence-corrected chi connectivity index (χ1v) is 5.83. The average molecular weight is 202 g/mol. The third-order valence-electron chi connectivity index (χ3n) is 2.52. The van der Waals surface area contributed by atoms with E-state index in [9.17, 15) is 5.11 Å². The fourth-order valence-electron chi connectivity index (χ4n) is 1.67. The van der Waals surface area contributed by atoms with Crippen LogP contribution in [0.1, 0.15) is 58.8 Å². The molecule has 0 unspecified atom stereocenters. The van der Waals surface area contributed by atoms with E-state index in [1.807, 2.05) is 6.92 Å². The molecular formula is C12H26O2. The number of rotatable bonds is 9. The van der Waals surface area contributed by atoms with E-state index in [-0.39, 0.29) is 0 Å². The molecule has 0 aliphatic carbocycles. The summed E-state index contributed by atoms with van der Waals surface area (Å²) >= 11 is 0. The van der Waals surface area contributed by atoms with E-state index in [1.165, 1.54) is 32.1 Å². The van der Waals surface area contributed by atoms with Crippen LogP contribution in [0.5, 0.6) is 0 Å². The number of methoxy groups -OCH3 is 1. The summed E-state index contributed by atoms with van der Waals surface area (Å²) < 4.78 is 4.95. The summed E-state index contributed by atoms with van der Waals surface area (Å²) in [4.78, 5) is 0. The SMILES string of the molecule is CCCCCCCC[C@@](C)(O)COC. The monoisotopic (exact) mass is 202 g/mol. The van der Waals surface area contributed by atoms with Crippen molar-refractivity contribution >= 4 is 0 Å². The fraction of sp³-hybridized carbons (Fsp3) is 1.00. The number of aliphatic hydroxyl groups is 1. The van der Waals surface area contributed by atoms with Crippen molar-refractivity contribution in [2.75, 3.05) is 13.7 Å². The molecule has 2 nitrogen and oxygen atoms in total. The standard InChI is InChI=1S/C12H26O2/c1-4-5-6-7-8-9-10-12(2,13)11-14-3/h13H,4-11H2,1-3H3/t12-/m1/s1. The Labute approximate surface area is 88.7 Å². The second-order valence-corrected chi connectivity index (χ2v) is 4.45. The Balaban J connectivity index is 3.26. The Morgan fingerprint density at radius 1 is 1.07 bits per heavy atom. The second-order valence-electron chi connectivity index (χ2n) is 4.45. The molecular weight excluding hydrogens is 176 g/mol. The Morgan fingerprint density at radius 3 is 2.21 bits per heavy atom. The molecule has 0 heterocycles. The van der Waals surface area contributed by atoms with Gasteiger partial charge in [-0.05, 0) is 13.3 Å². The van der Waals surface area contributed by atoms with Crippen molar-refractivity contribution in [2.24, 2.45) is 0 Å². The molecule has 0 saturated heterocycles. The number of hydrogen-bond acceptors (Lipinski definition) is 2. The molecule has 0 amide bonds. The Bertz CT molecular complexity index is 121. The molecule has 0 bridgehead atoms. The van der Waals surface area contributed by atoms with Gasteiger partial charge in [-0.1, -0.05) is 45.4 Å². The molecule has 14 heavy (non-hydrogen) atoms. The lowest BCUT2D eigenvalue weighted by atomic mass is 9.98. The fourth-order valence-corrected chi connectivity index (χ4v) is 1.67. The minimum absolute atomic E-state index is 0.446. The highest BCUT2D eigenvalue weighted by atomic mass is 16.5. The van der Waals surface area contributed by atoms with Crippen LogP contribution in [0.2, 0.25) is 0 Å². The van der Waals surface area contributed by atoms with Crippen molar-refractivity contribution < 1.29 is 9.84 Å². The van der Waals surface area contributed by atoms with Gasteiger partial charge >= 0.3 is 0 Å². The average Bonchev–Trinajstić information content (AvgIpc) is 2.11. The van der Waals surface area contributed by atoms with Crippen LogP contribution in [0.4, 0.5) is 0 Å². The maximum absolute atomic E-state index is 9.79. The number of ether oxygens (including phenoxy) is 1. The topological polar surface area (TPSA) is 29.5 Å². The van der Waals surface area contributed by atoms with Gasteiger partial charge in [0.05, 0.1) is 12.2 Å². The number of unbranched alkanes of at least 4 members (excludes halogenated alkanes) is 5. The third kappa shape index (κ3) is 8.52. The summed E-state index contributed by atoms with van der Waals surface area (Å²) in [5, 5.41) is 9.79. The molecule has 0 aliphatic heterocycles. The van der Waals surface area contributed by atoms with Crippen LogP contribution in [0.15, 0.2) is 0 Å². The summed E-state index contributed by atoms with van der Waals surface area (Å²) in [6.45, 7) is 4.52. The first-order chi connectivity index (χ1) is 6.62. The third-order valence-corrected chi connectivity index (χ3v) is 2.52. The van der Waals surface area contributed by atoms with Crippen LogP contribution >= 0.6 is 0 Å². The van der Waals surface area contributed by atoms with Crippen molar-refractivity contribution in [3.8, 4) is 0 Å². The minimum atomic E-state index is -0.625. The highest BCUT2D eigenvalue weighted by molar-refractivity contribution is 4.71. The summed E-state index contributed by atoms with van der Waals surface area (Å²) in [6, 6.07) is 0. The summed E-state index contributed by atoms with van der Waals surface area (Å²) in [5.74, 6) is 0. The minimum Gasteiger partial charge on any atom is -0.388 e. The predicted molar refractivity (Wildman–Crippen MR) is 60.5 cm³/mol. The lowest BCUT2D eigenvalue weighted by Crippen LogP contribution is -2.29. The van der Waals surface area contributed by atoms with Gasteiger partial charge in [0, 0.05) is 7.11 Å². The van der Waals surface area contributed by atoms with Gasteiger partial charge in [0.1, 0.15) is 0 Å². The molecule has 0 aromatic rings. The van der Waals surface area contributed by atoms with E-state index in [0.717, 1.165) is 12.8 Å². The largest absolute Gasteiger partial charge is 0.388 e. The van der Waals surface area contributed by atoms with Crippen LogP contribution in [0.3, 0.4) is 0 Å². The molecule has 86 valence electrons. The first kappa shape index (κ1) is 13.9. The van der Waals surface area contributed by atoms with Crippen molar-refractivity contribution in [1.82, 2.24) is 0 Å². The second kappa shape index (κ2) is 8.25. The molecule has 0 fully saturated rings. The van der Waals surface area contributed by atoms with Crippen LogP contribution in [0, 0.1) is 0 Å². The highest BCUT2D eigenvalue weighted by Crippen LogP contribution is 2.15. The summed E-state index contributed by atoms with van der Waals surface area (Å²) in [5.41, 5.74) is -0.625. The van der Waals surface area contributed by atoms with Crippen molar-refractivity contribution in [1.29, 1.82) is 0 Å². The van der Waals surface area contributed by atoms with Gasteiger partial charge in [0.2, 0.25) is 0 Å². The van der Waals surface area contributed by atoms with E-state index in [0.29, 0.717) is 6.61 Å². The summed E-state index contributed by atoms with van der Waals surface area (Å²) in [6.07, 6.45) is 8.47. The molecule has 0 aromatic carbocycles. The van der Waals surface area contributed by atoms with E-state index < -0.39 is 5.60 Å². The van der Waals surface area contributed by atoms with Crippen molar-refractivity contribution in [3.05, 3.63) is 0 Å². The zero-order chi connectivity index (χ0) is 10.9. The zero-order valence-electron chi connectivity index (χ0n) is 10.0. The van der Waals surface area contributed by atoms with Crippen LogP contribution in [0.25, 0.3) is 0 Å². The van der Waals surface area contributed by atoms with Crippen LogP contribution in [-0.2, 0) is 4.74 Å². The quantitative estimate of drug-likeness (QED) is 0.582. The maximum Gasteiger partial charge on any atom is 0.0852 e. The molecule has 0 aromatic heterocycles. The van der Waals surface area contributed by atoms with E-state index in [2.05, 4.69) is 6.92 Å². The smallest absolute Gasteiger partial charge is 0.0852 e. The van der Waals surface area contributed by atoms with Gasteiger partial charge in [-0.2, -0.15) is 0 Å². The van der Waals surface area contributed by atoms with Gasteiger partial charge in [0.15, 0.2) is 0 Å². The van der Waals surface area contributed by atoms with E-state index >= 15 is 0 Å². The Kier molecular flexibility index (Phi) is 8.20. The van der Waals surface area contributed by atoms with E-state index in [4.69, 9.17) is 4.74 Å². The molecule has 1 N–H and O–H groups in total. The van der Waals surface area contributed by atoms with Gasteiger partial charge in [-0.15, -0.1) is 0 Å². The summed E-state index contributed by atoms with van der Waals surface area (Å²) in [7, 11) is 1.63. The highest BCUT2D eigenvalue weighted by Gasteiger charge is 2.18. The predicted octanol–water partition coefficient (Wildman–Crippen LogP) is 3.13. The van der Waals surface area contributed by atoms with E-state index in [1.54, 1.807) is 7.11 Å². The molecule has 0 rings (SSSR count). The Morgan fingerprint density at radius 2 is 1.64 bits per heavy atom. The lowest BCUT2D eigenvalue weighted by Gasteiger charge is -2.21. The molecule has 2 heteroatoms. The molecule has 1 atom stereocenters.